The summed E-state index contributed by atoms with van der Waals surface area (Å²) >= 11 is 1.38. The van der Waals surface area contributed by atoms with Gasteiger partial charge < -0.3 is 10.6 Å². The first-order valence-electron chi connectivity index (χ1n) is 8.94. The van der Waals surface area contributed by atoms with Crippen LogP contribution in [0.3, 0.4) is 0 Å². The first-order valence-corrected chi connectivity index (χ1v) is 9.82. The Bertz CT molecular complexity index is 793. The van der Waals surface area contributed by atoms with Crippen molar-refractivity contribution in [3.05, 3.63) is 52.2 Å². The predicted molar refractivity (Wildman–Crippen MR) is 102 cm³/mol. The molecule has 1 aromatic carbocycles. The van der Waals surface area contributed by atoms with E-state index >= 15 is 0 Å². The lowest BCUT2D eigenvalue weighted by Crippen LogP contribution is -2.44. The monoisotopic (exact) mass is 370 g/mol. The molecule has 136 valence electrons. The summed E-state index contributed by atoms with van der Waals surface area (Å²) in [5.41, 5.74) is 7.55. The minimum atomic E-state index is -0.191. The van der Waals surface area contributed by atoms with Gasteiger partial charge in [0.15, 0.2) is 0 Å². The molecule has 7 heteroatoms. The van der Waals surface area contributed by atoms with Crippen molar-refractivity contribution >= 4 is 28.8 Å². The van der Waals surface area contributed by atoms with E-state index in [-0.39, 0.29) is 17.9 Å². The van der Waals surface area contributed by atoms with Crippen molar-refractivity contribution in [1.29, 1.82) is 0 Å². The van der Waals surface area contributed by atoms with Crippen LogP contribution in [-0.4, -0.2) is 30.4 Å². The van der Waals surface area contributed by atoms with Crippen LogP contribution in [-0.2, 0) is 0 Å². The fraction of sp³-hybridized carbons (Fsp3) is 0.368. The van der Waals surface area contributed by atoms with Crippen molar-refractivity contribution in [2.24, 2.45) is 5.92 Å². The number of hydrazine groups is 1. The number of anilines is 1. The van der Waals surface area contributed by atoms with Gasteiger partial charge in [0.1, 0.15) is 0 Å². The summed E-state index contributed by atoms with van der Waals surface area (Å²) in [6, 6.07) is 11.4. The molecule has 2 heterocycles. The number of rotatable bonds is 4. The van der Waals surface area contributed by atoms with Gasteiger partial charge in [0.2, 0.25) is 0 Å². The van der Waals surface area contributed by atoms with E-state index in [0.717, 1.165) is 25.8 Å². The van der Waals surface area contributed by atoms with E-state index in [1.54, 1.807) is 18.2 Å². The van der Waals surface area contributed by atoms with Crippen molar-refractivity contribution < 1.29 is 9.59 Å². The minimum absolute atomic E-state index is 0.130. The molecule has 0 spiro atoms. The molecule has 1 aliphatic carbocycles. The fourth-order valence-corrected chi connectivity index (χ4v) is 4.40. The molecule has 1 saturated carbocycles. The molecule has 4 N–H and O–H groups in total. The first kappa shape index (κ1) is 17.2. The van der Waals surface area contributed by atoms with Gasteiger partial charge in [-0.1, -0.05) is 18.2 Å². The van der Waals surface area contributed by atoms with Gasteiger partial charge in [-0.25, -0.2) is 0 Å². The maximum absolute atomic E-state index is 12.8. The number of hydrogen-bond donors (Lipinski definition) is 4. The Hall–Kier alpha value is -2.22. The van der Waals surface area contributed by atoms with Crippen LogP contribution in [0.1, 0.15) is 39.3 Å². The number of thiophene rings is 1. The van der Waals surface area contributed by atoms with Crippen molar-refractivity contribution in [1.82, 2.24) is 16.2 Å². The number of nitrogens with one attached hydrogen (secondary N) is 4. The number of carbonyl (C=O) groups excluding carboxylic acids is 2. The van der Waals surface area contributed by atoms with E-state index in [4.69, 9.17) is 0 Å². The molecule has 3 unspecified atom stereocenters. The quantitative estimate of drug-likeness (QED) is 0.666. The van der Waals surface area contributed by atoms with Crippen molar-refractivity contribution in [2.75, 3.05) is 11.9 Å². The van der Waals surface area contributed by atoms with Gasteiger partial charge in [-0.2, -0.15) is 0 Å². The molecule has 1 aliphatic heterocycles. The topological polar surface area (TPSA) is 82.3 Å². The fourth-order valence-electron chi connectivity index (χ4n) is 3.78. The Morgan fingerprint density at radius 3 is 2.81 bits per heavy atom. The molecule has 2 fully saturated rings. The molecule has 1 aromatic heterocycles. The Kier molecular flexibility index (Phi) is 5.01. The highest BCUT2D eigenvalue weighted by Gasteiger charge is 2.34. The Labute approximate surface area is 156 Å². The number of fused-ring (bicyclic) bond motifs is 1. The molecule has 4 rings (SSSR count). The number of para-hydroxylation sites is 1. The van der Waals surface area contributed by atoms with E-state index in [9.17, 15) is 9.59 Å². The predicted octanol–water partition coefficient (Wildman–Crippen LogP) is 2.38. The molecule has 0 radical (unpaired) electrons. The highest BCUT2D eigenvalue weighted by molar-refractivity contribution is 7.12. The Morgan fingerprint density at radius 1 is 1.08 bits per heavy atom. The van der Waals surface area contributed by atoms with Crippen LogP contribution in [0.25, 0.3) is 0 Å². The van der Waals surface area contributed by atoms with Gasteiger partial charge in [-0.05, 0) is 48.8 Å². The molecule has 6 nitrogen and oxygen atoms in total. The molecule has 1 saturated heterocycles. The Balaban J connectivity index is 1.43. The number of benzene rings is 1. The number of carbonyl (C=O) groups is 2. The van der Waals surface area contributed by atoms with Gasteiger partial charge in [0.25, 0.3) is 11.8 Å². The molecule has 2 aliphatic rings. The third-order valence-electron chi connectivity index (χ3n) is 5.13. The second kappa shape index (κ2) is 7.57. The van der Waals surface area contributed by atoms with Crippen molar-refractivity contribution in [3.63, 3.8) is 0 Å². The Morgan fingerprint density at radius 2 is 1.96 bits per heavy atom. The van der Waals surface area contributed by atoms with Crippen LogP contribution in [0.2, 0.25) is 0 Å². The maximum atomic E-state index is 12.8. The molecule has 2 aromatic rings. The van der Waals surface area contributed by atoms with E-state index in [2.05, 4.69) is 21.5 Å². The second-order valence-corrected chi connectivity index (χ2v) is 7.80. The van der Waals surface area contributed by atoms with Gasteiger partial charge in [-0.3, -0.25) is 20.4 Å². The van der Waals surface area contributed by atoms with Crippen LogP contribution in [0.4, 0.5) is 5.69 Å². The zero-order valence-electron chi connectivity index (χ0n) is 14.3. The van der Waals surface area contributed by atoms with Crippen LogP contribution >= 0.6 is 11.3 Å². The largest absolute Gasteiger partial charge is 0.349 e. The third kappa shape index (κ3) is 3.65. The summed E-state index contributed by atoms with van der Waals surface area (Å²) < 4.78 is 0. The van der Waals surface area contributed by atoms with E-state index < -0.39 is 0 Å². The lowest BCUT2D eigenvalue weighted by atomic mass is 9.83. The van der Waals surface area contributed by atoms with Crippen molar-refractivity contribution in [3.8, 4) is 0 Å². The molecule has 3 atom stereocenters. The average molecular weight is 370 g/mol. The van der Waals surface area contributed by atoms with Gasteiger partial charge in [-0.15, -0.1) is 11.3 Å². The summed E-state index contributed by atoms with van der Waals surface area (Å²) in [5, 5.41) is 7.87. The van der Waals surface area contributed by atoms with Gasteiger partial charge in [0, 0.05) is 18.6 Å². The maximum Gasteiger partial charge on any atom is 0.265 e. The van der Waals surface area contributed by atoms with Crippen LogP contribution in [0.5, 0.6) is 0 Å². The lowest BCUT2D eigenvalue weighted by molar-refractivity contribution is 0.0919. The summed E-state index contributed by atoms with van der Waals surface area (Å²) in [5.74, 6) is 0.237. The molecular weight excluding hydrogens is 348 g/mol. The third-order valence-corrected chi connectivity index (χ3v) is 6.00. The van der Waals surface area contributed by atoms with Crippen LogP contribution in [0, 0.1) is 5.92 Å². The summed E-state index contributed by atoms with van der Waals surface area (Å²) in [7, 11) is 0. The van der Waals surface area contributed by atoms with Crippen LogP contribution < -0.4 is 21.5 Å². The first-order chi connectivity index (χ1) is 12.7. The molecule has 0 bridgehead atoms. The standard InChI is InChI=1S/C19H22N4O2S/c24-18(21-13-7-8-15-12(10-13)11-20-23-15)14-4-1-2-5-16(14)22-19(25)17-6-3-9-26-17/h1-6,9,12-13,15,20,23H,7-8,10-11H2,(H,21,24)(H,22,25). The summed E-state index contributed by atoms with van der Waals surface area (Å²) in [6.07, 6.45) is 2.99. The second-order valence-electron chi connectivity index (χ2n) is 6.85. The van der Waals surface area contributed by atoms with Crippen molar-refractivity contribution in [2.45, 2.75) is 31.3 Å². The zero-order chi connectivity index (χ0) is 17.9. The van der Waals surface area contributed by atoms with E-state index in [1.165, 1.54) is 11.3 Å². The van der Waals surface area contributed by atoms with E-state index in [0.29, 0.717) is 28.1 Å². The minimum Gasteiger partial charge on any atom is -0.349 e. The van der Waals surface area contributed by atoms with Gasteiger partial charge >= 0.3 is 0 Å². The average Bonchev–Trinajstić information content (AvgIpc) is 3.33. The van der Waals surface area contributed by atoms with E-state index in [1.807, 2.05) is 23.6 Å². The normalized spacial score (nSPS) is 24.7. The van der Waals surface area contributed by atoms with Crippen LogP contribution in [0.15, 0.2) is 41.8 Å². The zero-order valence-corrected chi connectivity index (χ0v) is 15.1. The highest BCUT2D eigenvalue weighted by Crippen LogP contribution is 2.27. The molecule has 26 heavy (non-hydrogen) atoms. The molecule has 2 amide bonds. The lowest BCUT2D eigenvalue weighted by Gasteiger charge is -2.31. The summed E-state index contributed by atoms with van der Waals surface area (Å²) in [4.78, 5) is 25.7. The SMILES string of the molecule is O=C(Nc1ccccc1C(=O)NC1CCC2NNCC2C1)c1cccs1. The number of amides is 2. The number of hydrogen-bond acceptors (Lipinski definition) is 5. The highest BCUT2D eigenvalue weighted by atomic mass is 32.1. The van der Waals surface area contributed by atoms with Gasteiger partial charge in [0.05, 0.1) is 16.1 Å². The molecular formula is C19H22N4O2S. The smallest absolute Gasteiger partial charge is 0.265 e. The summed E-state index contributed by atoms with van der Waals surface area (Å²) in [6.45, 7) is 0.949.